The largest absolute Gasteiger partial charge is 0.347 e. The molecular formula is C4H9S3-. The van der Waals surface area contributed by atoms with Gasteiger partial charge in [0.15, 0.2) is 0 Å². The van der Waals surface area contributed by atoms with Crippen molar-refractivity contribution in [3.8, 4) is 0 Å². The molecule has 0 N–H and O–H groups in total. The molecule has 0 saturated heterocycles. The first-order chi connectivity index (χ1) is 3.27. The molecular weight excluding hydrogens is 144 g/mol. The lowest BCUT2D eigenvalue weighted by molar-refractivity contribution is 0.898. The van der Waals surface area contributed by atoms with Gasteiger partial charge in [-0.3, -0.25) is 22.4 Å². The van der Waals surface area contributed by atoms with E-state index in [-0.39, 0.29) is 8.01 Å². The van der Waals surface area contributed by atoms with Crippen LogP contribution in [0.4, 0.5) is 0 Å². The molecule has 0 aromatic rings. The summed E-state index contributed by atoms with van der Waals surface area (Å²) in [4.78, 5) is 0. The number of rotatable bonds is 3. The van der Waals surface area contributed by atoms with Gasteiger partial charge in [-0.05, 0) is 0 Å². The van der Waals surface area contributed by atoms with Crippen LogP contribution < -0.4 is 0 Å². The van der Waals surface area contributed by atoms with E-state index in [0.29, 0.717) is 0 Å². The highest BCUT2D eigenvalue weighted by atomic mass is 33.1. The Morgan fingerprint density at radius 3 is 2.14 bits per heavy atom. The quantitative estimate of drug-likeness (QED) is 0.561. The molecule has 0 aliphatic carbocycles. The van der Waals surface area contributed by atoms with Gasteiger partial charge in [0.2, 0.25) is 0 Å². The van der Waals surface area contributed by atoms with Crippen LogP contribution in [-0.2, 0) is 30.4 Å². The van der Waals surface area contributed by atoms with Crippen molar-refractivity contribution in [3.05, 3.63) is 0 Å². The first kappa shape index (κ1) is 7.79. The van der Waals surface area contributed by atoms with Gasteiger partial charge in [0.05, 0.1) is 0 Å². The fourth-order valence-corrected chi connectivity index (χ4v) is 1.49. The standard InChI is InChI=1S/C4H9S3/c1-2-3-4-7(5)6/h2-4H2,1H3/q-1. The third-order valence-corrected chi connectivity index (χ3v) is 2.29. The molecule has 0 fully saturated rings. The topological polar surface area (TPSA) is 0 Å². The van der Waals surface area contributed by atoms with Gasteiger partial charge in [-0.2, -0.15) is 0 Å². The molecule has 0 atom stereocenters. The van der Waals surface area contributed by atoms with Crippen molar-refractivity contribution in [2.45, 2.75) is 19.8 Å². The molecule has 0 spiro atoms. The van der Waals surface area contributed by atoms with Gasteiger partial charge in [-0.25, -0.2) is 0 Å². The summed E-state index contributed by atoms with van der Waals surface area (Å²) in [6.45, 7) is 2.15. The first-order valence-corrected chi connectivity index (χ1v) is 5.57. The van der Waals surface area contributed by atoms with Crippen LogP contribution in [0.1, 0.15) is 19.8 Å². The van der Waals surface area contributed by atoms with Crippen LogP contribution in [0, 0.1) is 0 Å². The summed E-state index contributed by atoms with van der Waals surface area (Å²) in [6, 6.07) is 0. The first-order valence-electron chi connectivity index (χ1n) is 2.33. The van der Waals surface area contributed by atoms with Gasteiger partial charge in [0.25, 0.3) is 0 Å². The Bertz CT molecular complexity index is 85.1. The predicted octanol–water partition coefficient (Wildman–Crippen LogP) is 1.33. The Kier molecular flexibility index (Phi) is 5.49. The maximum atomic E-state index is 4.79. The Balaban J connectivity index is 2.98. The average molecular weight is 153 g/mol. The van der Waals surface area contributed by atoms with Crippen molar-refractivity contribution in [3.63, 3.8) is 0 Å². The predicted molar refractivity (Wildman–Crippen MR) is 41.9 cm³/mol. The minimum atomic E-state index is -0.149. The second-order valence-corrected chi connectivity index (χ2v) is 5.42. The van der Waals surface area contributed by atoms with Gasteiger partial charge in [-0.15, -0.1) is 5.75 Å². The van der Waals surface area contributed by atoms with Crippen LogP contribution in [0.5, 0.6) is 0 Å². The lowest BCUT2D eigenvalue weighted by Gasteiger charge is -1.96. The number of unbranched alkanes of at least 4 members (excludes halogenated alkanes) is 1. The second-order valence-electron chi connectivity index (χ2n) is 1.36. The molecule has 0 bridgehead atoms. The van der Waals surface area contributed by atoms with E-state index in [1.807, 2.05) is 0 Å². The van der Waals surface area contributed by atoms with E-state index in [2.05, 4.69) is 6.92 Å². The molecule has 0 nitrogen and oxygen atoms in total. The molecule has 0 aromatic carbocycles. The third-order valence-electron chi connectivity index (χ3n) is 0.665. The number of hydrogen-bond acceptors (Lipinski definition) is 3. The molecule has 0 aromatic heterocycles. The SMILES string of the molecule is CCCC[S-](=S)=S. The molecule has 3 heteroatoms. The summed E-state index contributed by atoms with van der Waals surface area (Å²) in [5.74, 6) is 1.06. The highest BCUT2D eigenvalue weighted by Crippen LogP contribution is 1.84. The molecule has 44 valence electrons. The molecule has 0 aliphatic rings. The maximum absolute atomic E-state index is 4.79. The zero-order valence-electron chi connectivity index (χ0n) is 4.35. The van der Waals surface area contributed by atoms with E-state index < -0.39 is 0 Å². The van der Waals surface area contributed by atoms with E-state index in [1.165, 1.54) is 12.8 Å². The Morgan fingerprint density at radius 1 is 1.43 bits per heavy atom. The van der Waals surface area contributed by atoms with Crippen molar-refractivity contribution in [1.29, 1.82) is 0 Å². The minimum absolute atomic E-state index is 0.149. The summed E-state index contributed by atoms with van der Waals surface area (Å²) in [5, 5.41) is 0. The molecule has 0 heterocycles. The minimum Gasteiger partial charge on any atom is -0.347 e. The van der Waals surface area contributed by atoms with Crippen molar-refractivity contribution in [2.24, 2.45) is 0 Å². The second kappa shape index (κ2) is 4.94. The number of hydrogen-bond donors (Lipinski definition) is 0. The average Bonchev–Trinajstić information content (AvgIpc) is 1.61. The summed E-state index contributed by atoms with van der Waals surface area (Å²) in [6.07, 6.45) is 2.42. The van der Waals surface area contributed by atoms with Crippen LogP contribution in [-0.4, -0.2) is 5.75 Å². The van der Waals surface area contributed by atoms with Gasteiger partial charge in [0, 0.05) is 0 Å². The van der Waals surface area contributed by atoms with Crippen molar-refractivity contribution in [1.82, 2.24) is 0 Å². The molecule has 7 heavy (non-hydrogen) atoms. The summed E-state index contributed by atoms with van der Waals surface area (Å²) in [5.41, 5.74) is 0. The molecule has 0 saturated carbocycles. The zero-order chi connectivity index (χ0) is 5.70. The van der Waals surface area contributed by atoms with Crippen molar-refractivity contribution >= 4 is 30.4 Å². The lowest BCUT2D eigenvalue weighted by Crippen LogP contribution is -1.80. The van der Waals surface area contributed by atoms with Gasteiger partial charge < -0.3 is 8.01 Å². The van der Waals surface area contributed by atoms with E-state index in [1.54, 1.807) is 0 Å². The van der Waals surface area contributed by atoms with Crippen molar-refractivity contribution < 1.29 is 0 Å². The molecule has 0 aliphatic heterocycles. The molecule has 0 amide bonds. The van der Waals surface area contributed by atoms with Crippen LogP contribution >= 0.6 is 0 Å². The Hall–Kier alpha value is 0.790. The van der Waals surface area contributed by atoms with Gasteiger partial charge >= 0.3 is 0 Å². The third kappa shape index (κ3) is 6.79. The molecule has 0 rings (SSSR count). The van der Waals surface area contributed by atoms with Crippen LogP contribution in [0.2, 0.25) is 0 Å². The highest BCUT2D eigenvalue weighted by molar-refractivity contribution is 8.46. The Labute approximate surface area is 56.1 Å². The summed E-state index contributed by atoms with van der Waals surface area (Å²) in [7, 11) is -0.149. The van der Waals surface area contributed by atoms with E-state index in [4.69, 9.17) is 22.4 Å². The Morgan fingerprint density at radius 2 is 2.00 bits per heavy atom. The molecule has 0 unspecified atom stereocenters. The monoisotopic (exact) mass is 153 g/mol. The highest BCUT2D eigenvalue weighted by Gasteiger charge is 1.68. The summed E-state index contributed by atoms with van der Waals surface area (Å²) < 4.78 is 0. The smallest absolute Gasteiger partial charge is 0.0578 e. The van der Waals surface area contributed by atoms with Crippen LogP contribution in [0.15, 0.2) is 0 Å². The van der Waals surface area contributed by atoms with E-state index >= 15 is 0 Å². The zero-order valence-corrected chi connectivity index (χ0v) is 6.80. The van der Waals surface area contributed by atoms with Crippen LogP contribution in [0.3, 0.4) is 0 Å². The van der Waals surface area contributed by atoms with Crippen LogP contribution in [0.25, 0.3) is 0 Å². The van der Waals surface area contributed by atoms with Gasteiger partial charge in [-0.1, -0.05) is 19.8 Å². The van der Waals surface area contributed by atoms with E-state index in [0.717, 1.165) is 5.75 Å². The molecule has 0 radical (unpaired) electrons. The fraction of sp³-hybridized carbons (Fsp3) is 1.00. The summed E-state index contributed by atoms with van der Waals surface area (Å²) >= 11 is 9.57. The van der Waals surface area contributed by atoms with E-state index in [9.17, 15) is 0 Å². The van der Waals surface area contributed by atoms with Gasteiger partial charge in [0.1, 0.15) is 0 Å². The fourth-order valence-electron chi connectivity index (χ4n) is 0.262. The normalized spacial score (nSPS) is 10.0. The maximum Gasteiger partial charge on any atom is -0.0578 e. The lowest BCUT2D eigenvalue weighted by atomic mass is 10.4. The van der Waals surface area contributed by atoms with Crippen molar-refractivity contribution in [2.75, 3.05) is 5.75 Å².